The van der Waals surface area contributed by atoms with Crippen molar-refractivity contribution in [2.24, 2.45) is 0 Å². The number of nitrogens with zero attached hydrogens (tertiary/aromatic N) is 2. The summed E-state index contributed by atoms with van der Waals surface area (Å²) in [6.07, 6.45) is 4.72. The number of nitrogens with one attached hydrogen (secondary N) is 4. The topological polar surface area (TPSA) is 91.0 Å². The Bertz CT molecular complexity index is 1210. The summed E-state index contributed by atoms with van der Waals surface area (Å²) in [5.74, 6) is 1.26. The number of rotatable bonds is 6. The lowest BCUT2D eigenvalue weighted by Gasteiger charge is -2.20. The van der Waals surface area contributed by atoms with Gasteiger partial charge in [0.1, 0.15) is 11.6 Å². The monoisotopic (exact) mass is 456 g/mol. The molecule has 0 bridgehead atoms. The van der Waals surface area contributed by atoms with Gasteiger partial charge in [-0.15, -0.1) is 0 Å². The van der Waals surface area contributed by atoms with Crippen molar-refractivity contribution in [1.29, 1.82) is 0 Å². The molecule has 0 atom stereocenters. The van der Waals surface area contributed by atoms with Crippen LogP contribution in [0.4, 0.5) is 23.0 Å². The fraction of sp³-hybridized carbons (Fsp3) is 0.370. The molecule has 1 fully saturated rings. The van der Waals surface area contributed by atoms with Crippen molar-refractivity contribution >= 4 is 28.9 Å². The van der Waals surface area contributed by atoms with Gasteiger partial charge in [0.05, 0.1) is 11.3 Å². The molecule has 0 radical (unpaired) electrons. The van der Waals surface area contributed by atoms with E-state index in [4.69, 9.17) is 4.98 Å². The lowest BCUT2D eigenvalue weighted by Crippen LogP contribution is -2.26. The minimum atomic E-state index is -0.114. The van der Waals surface area contributed by atoms with Gasteiger partial charge in [0.25, 0.3) is 5.91 Å². The molecule has 4 N–H and O–H groups in total. The van der Waals surface area contributed by atoms with E-state index in [0.717, 1.165) is 43.7 Å². The standard InChI is InChI=1S/C27H32N6O/c1-27(2,3)23-5-4-6-24(33-23)32-22-14-25(29-16-21(22)26(34)31-19-9-10-19)30-20-8-7-18-15-28-12-11-17(18)13-20/h4-8,13-14,16,19,28H,9-12,15H2,1-3H3,(H,31,34)(H2,29,30,32,33). The molecule has 1 saturated carbocycles. The second kappa shape index (κ2) is 9.06. The molecule has 0 spiro atoms. The normalized spacial score (nSPS) is 15.4. The molecule has 176 valence electrons. The number of amides is 1. The van der Waals surface area contributed by atoms with Crippen molar-refractivity contribution in [3.05, 3.63) is 71.0 Å². The van der Waals surface area contributed by atoms with Crippen LogP contribution < -0.4 is 21.3 Å². The lowest BCUT2D eigenvalue weighted by molar-refractivity contribution is 0.0951. The van der Waals surface area contributed by atoms with Crippen LogP contribution >= 0.6 is 0 Å². The van der Waals surface area contributed by atoms with Crippen molar-refractivity contribution < 1.29 is 4.79 Å². The molecule has 0 unspecified atom stereocenters. The number of anilines is 4. The van der Waals surface area contributed by atoms with Gasteiger partial charge in [0.15, 0.2) is 0 Å². The van der Waals surface area contributed by atoms with E-state index in [1.165, 1.54) is 11.1 Å². The van der Waals surface area contributed by atoms with Gasteiger partial charge in [-0.1, -0.05) is 32.9 Å². The number of fused-ring (bicyclic) bond motifs is 1. The highest BCUT2D eigenvalue weighted by Gasteiger charge is 2.25. The fourth-order valence-electron chi connectivity index (χ4n) is 4.06. The second-order valence-corrected chi connectivity index (χ2v) is 10.2. The minimum Gasteiger partial charge on any atom is -0.349 e. The predicted octanol–water partition coefficient (Wildman–Crippen LogP) is 4.80. The average Bonchev–Trinajstić information content (AvgIpc) is 3.63. The molecule has 3 aromatic rings. The number of pyridine rings is 2. The van der Waals surface area contributed by atoms with Crippen molar-refractivity contribution in [3.63, 3.8) is 0 Å². The molecule has 34 heavy (non-hydrogen) atoms. The number of hydrogen-bond donors (Lipinski definition) is 4. The first-order valence-corrected chi connectivity index (χ1v) is 12.0. The van der Waals surface area contributed by atoms with E-state index in [-0.39, 0.29) is 17.4 Å². The molecule has 1 amide bonds. The van der Waals surface area contributed by atoms with E-state index in [0.29, 0.717) is 22.9 Å². The van der Waals surface area contributed by atoms with E-state index in [1.807, 2.05) is 24.3 Å². The molecular weight excluding hydrogens is 424 g/mol. The molecule has 5 rings (SSSR count). The van der Waals surface area contributed by atoms with E-state index < -0.39 is 0 Å². The van der Waals surface area contributed by atoms with Crippen molar-refractivity contribution in [2.75, 3.05) is 17.2 Å². The molecule has 7 nitrogen and oxygen atoms in total. The molecular formula is C27H32N6O. The summed E-state index contributed by atoms with van der Waals surface area (Å²) in [7, 11) is 0. The Kier molecular flexibility index (Phi) is 5.96. The van der Waals surface area contributed by atoms with Gasteiger partial charge < -0.3 is 21.3 Å². The Morgan fingerprint density at radius 2 is 1.88 bits per heavy atom. The third-order valence-electron chi connectivity index (χ3n) is 6.21. The number of aromatic nitrogens is 2. The van der Waals surface area contributed by atoms with Crippen LogP contribution in [-0.4, -0.2) is 28.5 Å². The van der Waals surface area contributed by atoms with Gasteiger partial charge in [-0.3, -0.25) is 4.79 Å². The first-order valence-electron chi connectivity index (χ1n) is 12.0. The van der Waals surface area contributed by atoms with E-state index >= 15 is 0 Å². The first kappa shape index (κ1) is 22.3. The lowest BCUT2D eigenvalue weighted by atomic mass is 9.92. The van der Waals surface area contributed by atoms with Gasteiger partial charge in [0.2, 0.25) is 0 Å². The Morgan fingerprint density at radius 1 is 1.03 bits per heavy atom. The maximum Gasteiger partial charge on any atom is 0.255 e. The second-order valence-electron chi connectivity index (χ2n) is 10.2. The number of carbonyl (C=O) groups excluding carboxylic acids is 1. The maximum atomic E-state index is 12.9. The minimum absolute atomic E-state index is 0.0726. The Hall–Kier alpha value is -3.45. The molecule has 2 aromatic heterocycles. The van der Waals surface area contributed by atoms with E-state index in [9.17, 15) is 4.79 Å². The summed E-state index contributed by atoms with van der Waals surface area (Å²) in [6, 6.07) is 14.5. The smallest absolute Gasteiger partial charge is 0.255 e. The SMILES string of the molecule is CC(C)(C)c1cccc(Nc2cc(Nc3ccc4c(c3)CCNC4)ncc2C(=O)NC2CC2)n1. The average molecular weight is 457 g/mol. The number of benzene rings is 1. The molecule has 0 saturated heterocycles. The molecule has 1 aliphatic heterocycles. The van der Waals surface area contributed by atoms with E-state index in [1.54, 1.807) is 6.20 Å². The number of hydrogen-bond acceptors (Lipinski definition) is 6. The largest absolute Gasteiger partial charge is 0.349 e. The Balaban J connectivity index is 1.44. The summed E-state index contributed by atoms with van der Waals surface area (Å²) < 4.78 is 0. The van der Waals surface area contributed by atoms with Crippen LogP contribution in [0.2, 0.25) is 0 Å². The van der Waals surface area contributed by atoms with Gasteiger partial charge in [-0.2, -0.15) is 0 Å². The summed E-state index contributed by atoms with van der Waals surface area (Å²) >= 11 is 0. The molecule has 1 aliphatic carbocycles. The predicted molar refractivity (Wildman–Crippen MR) is 136 cm³/mol. The molecule has 2 aliphatic rings. The van der Waals surface area contributed by atoms with Crippen LogP contribution in [-0.2, 0) is 18.4 Å². The van der Waals surface area contributed by atoms with E-state index in [2.05, 4.69) is 65.2 Å². The van der Waals surface area contributed by atoms with Crippen LogP contribution in [0.25, 0.3) is 0 Å². The zero-order valence-corrected chi connectivity index (χ0v) is 20.0. The summed E-state index contributed by atoms with van der Waals surface area (Å²) in [5, 5.41) is 13.3. The molecule has 3 heterocycles. The fourth-order valence-corrected chi connectivity index (χ4v) is 4.06. The molecule has 1 aromatic carbocycles. The van der Waals surface area contributed by atoms with Gasteiger partial charge in [0, 0.05) is 41.6 Å². The quantitative estimate of drug-likeness (QED) is 0.426. The number of carbonyl (C=O) groups is 1. The van der Waals surface area contributed by atoms with Crippen LogP contribution in [0.1, 0.15) is 60.8 Å². The van der Waals surface area contributed by atoms with Crippen LogP contribution in [0.5, 0.6) is 0 Å². The third-order valence-corrected chi connectivity index (χ3v) is 6.21. The van der Waals surface area contributed by atoms with Crippen LogP contribution in [0, 0.1) is 0 Å². The van der Waals surface area contributed by atoms with Crippen molar-refractivity contribution in [1.82, 2.24) is 20.6 Å². The van der Waals surface area contributed by atoms with Crippen LogP contribution in [0.15, 0.2) is 48.7 Å². The summed E-state index contributed by atoms with van der Waals surface area (Å²) in [4.78, 5) is 22.3. The zero-order valence-electron chi connectivity index (χ0n) is 20.0. The highest BCUT2D eigenvalue weighted by Crippen LogP contribution is 2.28. The zero-order chi connectivity index (χ0) is 23.7. The maximum absolute atomic E-state index is 12.9. The summed E-state index contributed by atoms with van der Waals surface area (Å²) in [5.41, 5.74) is 5.78. The van der Waals surface area contributed by atoms with Gasteiger partial charge in [-0.25, -0.2) is 9.97 Å². The molecule has 7 heteroatoms. The Labute approximate surface area is 200 Å². The van der Waals surface area contributed by atoms with Crippen molar-refractivity contribution in [2.45, 2.75) is 58.0 Å². The van der Waals surface area contributed by atoms with Gasteiger partial charge >= 0.3 is 0 Å². The Morgan fingerprint density at radius 3 is 2.68 bits per heavy atom. The highest BCUT2D eigenvalue weighted by atomic mass is 16.1. The van der Waals surface area contributed by atoms with Gasteiger partial charge in [-0.05, 0) is 61.2 Å². The first-order chi connectivity index (χ1) is 16.3. The van der Waals surface area contributed by atoms with Crippen LogP contribution in [0.3, 0.4) is 0 Å². The van der Waals surface area contributed by atoms with Crippen molar-refractivity contribution in [3.8, 4) is 0 Å². The highest BCUT2D eigenvalue weighted by molar-refractivity contribution is 6.00. The summed E-state index contributed by atoms with van der Waals surface area (Å²) in [6.45, 7) is 8.31. The third kappa shape index (κ3) is 5.20.